The quantitative estimate of drug-likeness (QED) is 0.704. The minimum Gasteiger partial charge on any atom is -0.378 e. The highest BCUT2D eigenvalue weighted by atomic mass is 35.5. The van der Waals surface area contributed by atoms with Gasteiger partial charge in [-0.1, -0.05) is 44.5 Å². The van der Waals surface area contributed by atoms with E-state index in [1.165, 1.54) is 16.5 Å². The first-order valence-electron chi connectivity index (χ1n) is 9.15. The van der Waals surface area contributed by atoms with Crippen molar-refractivity contribution in [3.05, 3.63) is 59.1 Å². The van der Waals surface area contributed by atoms with E-state index in [0.29, 0.717) is 11.4 Å². The van der Waals surface area contributed by atoms with E-state index < -0.39 is 10.0 Å². The summed E-state index contributed by atoms with van der Waals surface area (Å²) >= 11 is 5.93. The van der Waals surface area contributed by atoms with Gasteiger partial charge in [-0.15, -0.1) is 0 Å². The van der Waals surface area contributed by atoms with Gasteiger partial charge < -0.3 is 4.90 Å². The lowest BCUT2D eigenvalue weighted by molar-refractivity contribution is 0.371. The van der Waals surface area contributed by atoms with Crippen molar-refractivity contribution in [2.75, 3.05) is 19.0 Å². The fraction of sp³-hybridized carbons (Fsp3) is 0.381. The normalized spacial score (nSPS) is 17.6. The summed E-state index contributed by atoms with van der Waals surface area (Å²) in [5, 5.41) is 5.06. The van der Waals surface area contributed by atoms with Crippen LogP contribution in [0.5, 0.6) is 0 Å². The highest BCUT2D eigenvalue weighted by Gasteiger charge is 2.40. The van der Waals surface area contributed by atoms with Crippen molar-refractivity contribution in [2.45, 2.75) is 38.1 Å². The minimum absolute atomic E-state index is 0.186. The Morgan fingerprint density at radius 1 is 1.04 bits per heavy atom. The second-order valence-electron chi connectivity index (χ2n) is 8.23. The molecule has 7 heteroatoms. The molecule has 3 rings (SSSR count). The van der Waals surface area contributed by atoms with E-state index in [1.54, 1.807) is 12.1 Å². The molecule has 2 aromatic carbocycles. The van der Waals surface area contributed by atoms with E-state index in [1.807, 2.05) is 43.3 Å². The highest BCUT2D eigenvalue weighted by molar-refractivity contribution is 7.89. The summed E-state index contributed by atoms with van der Waals surface area (Å²) in [6.45, 7) is 6.16. The van der Waals surface area contributed by atoms with Gasteiger partial charge in [-0.3, -0.25) is 0 Å². The summed E-state index contributed by atoms with van der Waals surface area (Å²) in [5.74, 6) is 0. The fourth-order valence-corrected chi connectivity index (χ4v) is 4.68. The Morgan fingerprint density at radius 2 is 1.61 bits per heavy atom. The van der Waals surface area contributed by atoms with E-state index in [4.69, 9.17) is 11.6 Å². The maximum atomic E-state index is 13.3. The summed E-state index contributed by atoms with van der Waals surface area (Å²) in [6, 6.07) is 13.8. The molecule has 0 amide bonds. The van der Waals surface area contributed by atoms with Crippen molar-refractivity contribution in [1.29, 1.82) is 0 Å². The summed E-state index contributed by atoms with van der Waals surface area (Å²) in [4.78, 5) is 2.20. The molecule has 1 heterocycles. The summed E-state index contributed by atoms with van der Waals surface area (Å²) in [7, 11) is 0.154. The lowest BCUT2D eigenvalue weighted by atomic mass is 9.86. The highest BCUT2D eigenvalue weighted by Crippen LogP contribution is 2.40. The Labute approximate surface area is 172 Å². The predicted octanol–water partition coefficient (Wildman–Crippen LogP) is 4.94. The van der Waals surface area contributed by atoms with E-state index in [-0.39, 0.29) is 16.4 Å². The molecule has 28 heavy (non-hydrogen) atoms. The maximum absolute atomic E-state index is 13.3. The Hall–Kier alpha value is -2.05. The lowest BCUT2D eigenvalue weighted by Crippen LogP contribution is -2.27. The summed E-state index contributed by atoms with van der Waals surface area (Å²) in [6.07, 6.45) is 0.567. The molecule has 1 aliphatic rings. The fourth-order valence-electron chi connectivity index (χ4n) is 3.12. The zero-order valence-electron chi connectivity index (χ0n) is 16.8. The van der Waals surface area contributed by atoms with Gasteiger partial charge in [0.25, 0.3) is 10.0 Å². The number of benzene rings is 2. The van der Waals surface area contributed by atoms with Crippen LogP contribution in [0.3, 0.4) is 0 Å². The van der Waals surface area contributed by atoms with Gasteiger partial charge in [0.2, 0.25) is 0 Å². The Morgan fingerprint density at radius 3 is 2.11 bits per heavy atom. The molecule has 1 atom stereocenters. The van der Waals surface area contributed by atoms with Crippen molar-refractivity contribution in [3.63, 3.8) is 0 Å². The average molecular weight is 420 g/mol. The van der Waals surface area contributed by atoms with Crippen LogP contribution in [0.2, 0.25) is 5.02 Å². The van der Waals surface area contributed by atoms with Crippen LogP contribution in [-0.2, 0) is 10.0 Å². The van der Waals surface area contributed by atoms with Gasteiger partial charge in [0, 0.05) is 42.4 Å². The zero-order chi connectivity index (χ0) is 20.7. The number of nitrogens with zero attached hydrogens (tertiary/aromatic N) is 3. The van der Waals surface area contributed by atoms with Crippen LogP contribution in [-0.4, -0.2) is 32.6 Å². The Bertz CT molecular complexity index is 976. The van der Waals surface area contributed by atoms with Crippen molar-refractivity contribution < 1.29 is 8.42 Å². The topological polar surface area (TPSA) is 53.0 Å². The second-order valence-corrected chi connectivity index (χ2v) is 10.5. The molecular formula is C21H26ClN3O2S. The van der Waals surface area contributed by atoms with Crippen molar-refractivity contribution in [2.24, 2.45) is 10.5 Å². The number of sulfonamides is 1. The molecule has 0 bridgehead atoms. The van der Waals surface area contributed by atoms with Gasteiger partial charge in [-0.2, -0.15) is 17.9 Å². The lowest BCUT2D eigenvalue weighted by Gasteiger charge is -2.24. The molecule has 0 fully saturated rings. The Kier molecular flexibility index (Phi) is 5.47. The molecule has 0 unspecified atom stereocenters. The van der Waals surface area contributed by atoms with Gasteiger partial charge >= 0.3 is 0 Å². The van der Waals surface area contributed by atoms with Crippen LogP contribution in [0, 0.1) is 5.41 Å². The maximum Gasteiger partial charge on any atom is 0.279 e. The van der Waals surface area contributed by atoms with Crippen LogP contribution < -0.4 is 4.90 Å². The van der Waals surface area contributed by atoms with Crippen molar-refractivity contribution in [3.8, 4) is 0 Å². The number of anilines is 1. The smallest absolute Gasteiger partial charge is 0.279 e. The molecule has 150 valence electrons. The molecule has 5 nitrogen and oxygen atoms in total. The van der Waals surface area contributed by atoms with E-state index >= 15 is 0 Å². The second kappa shape index (κ2) is 7.41. The van der Waals surface area contributed by atoms with Crippen molar-refractivity contribution in [1.82, 2.24) is 4.41 Å². The molecule has 0 aliphatic carbocycles. The van der Waals surface area contributed by atoms with E-state index in [0.717, 1.165) is 17.0 Å². The molecule has 0 saturated carbocycles. The summed E-state index contributed by atoms with van der Waals surface area (Å²) < 4.78 is 28.0. The number of hydrogen-bond acceptors (Lipinski definition) is 4. The third-order valence-electron chi connectivity index (χ3n) is 4.89. The van der Waals surface area contributed by atoms with Gasteiger partial charge in [0.15, 0.2) is 0 Å². The molecule has 0 radical (unpaired) electrons. The monoisotopic (exact) mass is 419 g/mol. The van der Waals surface area contributed by atoms with E-state index in [2.05, 4.69) is 25.9 Å². The SMILES string of the molecule is CN(C)c1ccc([C@H]2CC(C(C)(C)C)=NN2S(=O)(=O)c2ccc(Cl)cc2)cc1. The molecule has 0 aromatic heterocycles. The first-order valence-corrected chi connectivity index (χ1v) is 11.0. The van der Waals surface area contributed by atoms with Crippen LogP contribution in [0.1, 0.15) is 38.8 Å². The summed E-state index contributed by atoms with van der Waals surface area (Å²) in [5.41, 5.74) is 2.63. The molecule has 0 spiro atoms. The molecular weight excluding hydrogens is 394 g/mol. The number of halogens is 1. The van der Waals surface area contributed by atoms with Gasteiger partial charge in [0.05, 0.1) is 10.9 Å². The largest absolute Gasteiger partial charge is 0.378 e. The van der Waals surface area contributed by atoms with Gasteiger partial charge in [-0.05, 0) is 42.0 Å². The predicted molar refractivity (Wildman–Crippen MR) is 115 cm³/mol. The number of hydrazone groups is 1. The third kappa shape index (κ3) is 4.03. The number of hydrogen-bond donors (Lipinski definition) is 0. The molecule has 0 N–H and O–H groups in total. The zero-order valence-corrected chi connectivity index (χ0v) is 18.4. The minimum atomic E-state index is -3.80. The number of rotatable bonds is 4. The average Bonchev–Trinajstić information content (AvgIpc) is 3.09. The standard InChI is InChI=1S/C21H26ClN3O2S/c1-21(2,3)20-14-19(15-6-10-17(11-7-15)24(4)5)25(23-20)28(26,27)18-12-8-16(22)9-13-18/h6-13,19H,14H2,1-5H3/t19-/m1/s1. The van der Waals surface area contributed by atoms with Crippen LogP contribution >= 0.6 is 11.6 Å². The molecule has 1 aliphatic heterocycles. The van der Waals surface area contributed by atoms with Gasteiger partial charge in [-0.25, -0.2) is 0 Å². The first-order chi connectivity index (χ1) is 13.0. The first kappa shape index (κ1) is 20.7. The molecule has 2 aromatic rings. The van der Waals surface area contributed by atoms with Crippen LogP contribution in [0.15, 0.2) is 58.5 Å². The van der Waals surface area contributed by atoms with Crippen LogP contribution in [0.4, 0.5) is 5.69 Å². The van der Waals surface area contributed by atoms with Crippen LogP contribution in [0.25, 0.3) is 0 Å². The van der Waals surface area contributed by atoms with Gasteiger partial charge in [0.1, 0.15) is 0 Å². The third-order valence-corrected chi connectivity index (χ3v) is 6.84. The van der Waals surface area contributed by atoms with Crippen molar-refractivity contribution >= 4 is 33.0 Å². The molecule has 0 saturated heterocycles. The van der Waals surface area contributed by atoms with E-state index in [9.17, 15) is 8.42 Å². The Balaban J connectivity index is 2.05.